The van der Waals surface area contributed by atoms with E-state index in [9.17, 15) is 4.79 Å². The average molecular weight is 241 g/mol. The van der Waals surface area contributed by atoms with Crippen LogP contribution in [0.2, 0.25) is 0 Å². The highest BCUT2D eigenvalue weighted by molar-refractivity contribution is 5.71. The van der Waals surface area contributed by atoms with Crippen molar-refractivity contribution in [2.45, 2.75) is 58.4 Å². The van der Waals surface area contributed by atoms with E-state index in [2.05, 4.69) is 6.58 Å². The molecule has 0 saturated carbocycles. The van der Waals surface area contributed by atoms with Crippen molar-refractivity contribution in [1.29, 1.82) is 0 Å². The van der Waals surface area contributed by atoms with E-state index in [4.69, 9.17) is 9.47 Å². The Labute approximate surface area is 104 Å². The zero-order valence-corrected chi connectivity index (χ0v) is 11.7. The molecule has 0 spiro atoms. The molecule has 17 heavy (non-hydrogen) atoms. The van der Waals surface area contributed by atoms with E-state index in [-0.39, 0.29) is 6.09 Å². The first kappa shape index (κ1) is 14.0. The fourth-order valence-corrected chi connectivity index (χ4v) is 1.95. The molecule has 0 aromatic rings. The van der Waals surface area contributed by atoms with Gasteiger partial charge in [0.15, 0.2) is 0 Å². The third-order valence-electron chi connectivity index (χ3n) is 2.78. The van der Waals surface area contributed by atoms with Crippen LogP contribution >= 0.6 is 0 Å². The topological polar surface area (TPSA) is 38.8 Å². The molecule has 1 aliphatic heterocycles. The number of ether oxygens (including phenoxy) is 2. The lowest BCUT2D eigenvalue weighted by molar-refractivity contribution is -0.0651. The Kier molecular flexibility index (Phi) is 3.32. The van der Waals surface area contributed by atoms with Crippen LogP contribution in [-0.2, 0) is 9.47 Å². The highest BCUT2D eigenvalue weighted by Crippen LogP contribution is 2.36. The molecular formula is C13H23NO3. The molecule has 4 nitrogen and oxygen atoms in total. The summed E-state index contributed by atoms with van der Waals surface area (Å²) in [6.45, 7) is 15.4. The molecule has 0 bridgehead atoms. The van der Waals surface area contributed by atoms with Gasteiger partial charge in [0.1, 0.15) is 11.3 Å². The Morgan fingerprint density at radius 1 is 1.41 bits per heavy atom. The average Bonchev–Trinajstić information content (AvgIpc) is 2.35. The van der Waals surface area contributed by atoms with Crippen molar-refractivity contribution in [2.24, 2.45) is 0 Å². The smallest absolute Gasteiger partial charge is 0.413 e. The minimum Gasteiger partial charge on any atom is -0.444 e. The summed E-state index contributed by atoms with van der Waals surface area (Å²) in [5, 5.41) is 0. The Hall–Kier alpha value is -1.03. The van der Waals surface area contributed by atoms with Crippen molar-refractivity contribution < 1.29 is 14.3 Å². The largest absolute Gasteiger partial charge is 0.444 e. The number of carbonyl (C=O) groups excluding carboxylic acids is 1. The van der Waals surface area contributed by atoms with Crippen LogP contribution in [0.25, 0.3) is 0 Å². The molecule has 0 N–H and O–H groups in total. The molecule has 1 atom stereocenters. The fourth-order valence-electron chi connectivity index (χ4n) is 1.95. The van der Waals surface area contributed by atoms with Gasteiger partial charge in [-0.05, 0) is 41.5 Å². The quantitative estimate of drug-likeness (QED) is 0.662. The molecule has 0 aliphatic carbocycles. The van der Waals surface area contributed by atoms with Gasteiger partial charge in [-0.2, -0.15) is 0 Å². The molecule has 0 aromatic carbocycles. The Morgan fingerprint density at radius 2 is 1.94 bits per heavy atom. The molecule has 1 saturated heterocycles. The van der Waals surface area contributed by atoms with Gasteiger partial charge in [-0.3, -0.25) is 4.90 Å². The first-order chi connectivity index (χ1) is 7.52. The number of rotatable bonds is 1. The predicted molar refractivity (Wildman–Crippen MR) is 66.7 cm³/mol. The van der Waals surface area contributed by atoms with Crippen LogP contribution in [0.3, 0.4) is 0 Å². The molecule has 1 heterocycles. The van der Waals surface area contributed by atoms with Crippen LogP contribution in [-0.4, -0.2) is 34.5 Å². The third kappa shape index (κ3) is 2.80. The number of nitrogens with zero attached hydrogens (tertiary/aromatic N) is 1. The summed E-state index contributed by atoms with van der Waals surface area (Å²) in [5.41, 5.74) is -1.71. The zero-order chi connectivity index (χ0) is 13.5. The van der Waals surface area contributed by atoms with Crippen LogP contribution < -0.4 is 0 Å². The van der Waals surface area contributed by atoms with E-state index in [1.54, 1.807) is 11.0 Å². The monoisotopic (exact) mass is 241 g/mol. The van der Waals surface area contributed by atoms with Gasteiger partial charge in [-0.15, -0.1) is 6.58 Å². The number of carbonyl (C=O) groups is 1. The first-order valence-corrected chi connectivity index (χ1v) is 5.83. The summed E-state index contributed by atoms with van der Waals surface area (Å²) in [4.78, 5) is 13.8. The SMILES string of the molecule is C=C[C@@]1(C)COC(C)(C)N1C(=O)OC(C)(C)C. The van der Waals surface area contributed by atoms with Gasteiger partial charge in [0.2, 0.25) is 0 Å². The van der Waals surface area contributed by atoms with Crippen molar-refractivity contribution in [2.75, 3.05) is 6.61 Å². The summed E-state index contributed by atoms with van der Waals surface area (Å²) in [5.74, 6) is 0. The molecule has 1 amide bonds. The Bertz CT molecular complexity index is 330. The van der Waals surface area contributed by atoms with E-state index >= 15 is 0 Å². The first-order valence-electron chi connectivity index (χ1n) is 5.83. The number of hydrogen-bond acceptors (Lipinski definition) is 3. The second-order valence-electron chi connectivity index (χ2n) is 6.11. The summed E-state index contributed by atoms with van der Waals surface area (Å²) < 4.78 is 11.1. The Morgan fingerprint density at radius 3 is 2.35 bits per heavy atom. The van der Waals surface area contributed by atoms with Gasteiger partial charge in [0, 0.05) is 0 Å². The molecule has 1 rings (SSSR count). The molecule has 1 aliphatic rings. The summed E-state index contributed by atoms with van der Waals surface area (Å²) >= 11 is 0. The van der Waals surface area contributed by atoms with Crippen molar-refractivity contribution in [3.8, 4) is 0 Å². The lowest BCUT2D eigenvalue weighted by Gasteiger charge is -2.38. The minimum absolute atomic E-state index is 0.373. The lowest BCUT2D eigenvalue weighted by atomic mass is 10.0. The van der Waals surface area contributed by atoms with Crippen LogP contribution in [0.4, 0.5) is 4.79 Å². The van der Waals surface area contributed by atoms with Gasteiger partial charge in [0.05, 0.1) is 12.1 Å². The van der Waals surface area contributed by atoms with Crippen molar-refractivity contribution >= 4 is 6.09 Å². The molecule has 98 valence electrons. The fraction of sp³-hybridized carbons (Fsp3) is 0.769. The highest BCUT2D eigenvalue weighted by atomic mass is 16.6. The number of amides is 1. The highest BCUT2D eigenvalue weighted by Gasteiger charge is 2.51. The van der Waals surface area contributed by atoms with Crippen LogP contribution in [0, 0.1) is 0 Å². The molecule has 0 aromatic heterocycles. The van der Waals surface area contributed by atoms with Gasteiger partial charge < -0.3 is 9.47 Å². The third-order valence-corrected chi connectivity index (χ3v) is 2.78. The maximum Gasteiger partial charge on any atom is 0.413 e. The maximum atomic E-state index is 12.2. The summed E-state index contributed by atoms with van der Waals surface area (Å²) in [7, 11) is 0. The Balaban J connectivity index is 2.99. The normalized spacial score (nSPS) is 28.0. The predicted octanol–water partition coefficient (Wildman–Crippen LogP) is 2.93. The minimum atomic E-state index is -0.675. The maximum absolute atomic E-state index is 12.2. The van der Waals surface area contributed by atoms with Gasteiger partial charge >= 0.3 is 6.09 Å². The van der Waals surface area contributed by atoms with Crippen molar-refractivity contribution in [1.82, 2.24) is 4.90 Å². The molecule has 4 heteroatoms. The van der Waals surface area contributed by atoms with Crippen LogP contribution in [0.1, 0.15) is 41.5 Å². The van der Waals surface area contributed by atoms with E-state index < -0.39 is 16.9 Å². The van der Waals surface area contributed by atoms with E-state index in [1.807, 2.05) is 41.5 Å². The summed E-state index contributed by atoms with van der Waals surface area (Å²) in [6.07, 6.45) is 1.36. The second kappa shape index (κ2) is 4.02. The number of hydrogen-bond donors (Lipinski definition) is 0. The second-order valence-corrected chi connectivity index (χ2v) is 6.11. The molecule has 0 unspecified atom stereocenters. The van der Waals surface area contributed by atoms with Crippen molar-refractivity contribution in [3.63, 3.8) is 0 Å². The zero-order valence-electron chi connectivity index (χ0n) is 11.7. The molecular weight excluding hydrogens is 218 g/mol. The van der Waals surface area contributed by atoms with Gasteiger partial charge in [0.25, 0.3) is 0 Å². The van der Waals surface area contributed by atoms with E-state index in [0.29, 0.717) is 6.61 Å². The van der Waals surface area contributed by atoms with Gasteiger partial charge in [-0.25, -0.2) is 4.79 Å². The van der Waals surface area contributed by atoms with Crippen molar-refractivity contribution in [3.05, 3.63) is 12.7 Å². The van der Waals surface area contributed by atoms with Gasteiger partial charge in [-0.1, -0.05) is 6.08 Å². The van der Waals surface area contributed by atoms with E-state index in [1.165, 1.54) is 0 Å². The summed E-state index contributed by atoms with van der Waals surface area (Å²) in [6, 6.07) is 0. The lowest BCUT2D eigenvalue weighted by Crippen LogP contribution is -2.54. The standard InChI is InChI=1S/C13H23NO3/c1-8-13(7)9-16-12(5,6)14(13)10(15)17-11(2,3)4/h8H,1,9H2,2-7H3/t13-/m0/s1. The van der Waals surface area contributed by atoms with Crippen LogP contribution in [0.15, 0.2) is 12.7 Å². The van der Waals surface area contributed by atoms with Crippen LogP contribution in [0.5, 0.6) is 0 Å². The molecule has 0 radical (unpaired) electrons. The van der Waals surface area contributed by atoms with E-state index in [0.717, 1.165) is 0 Å². The molecule has 1 fully saturated rings.